The van der Waals surface area contributed by atoms with E-state index in [4.69, 9.17) is 0 Å². The molecule has 0 spiro atoms. The predicted octanol–water partition coefficient (Wildman–Crippen LogP) is -0.921. The number of rotatable bonds is 8. The Morgan fingerprint density at radius 2 is 0.935 bits per heavy atom. The zero-order valence-electron chi connectivity index (χ0n) is 26.6. The van der Waals surface area contributed by atoms with Gasteiger partial charge in [0.25, 0.3) is 20.2 Å². The van der Waals surface area contributed by atoms with Crippen LogP contribution < -0.4 is 103 Å². The molecule has 0 aliphatic carbocycles. The Balaban J connectivity index is 0.00000200. The molecule has 0 atom stereocenters. The van der Waals surface area contributed by atoms with E-state index in [-0.39, 0.29) is 128 Å². The molecule has 46 heavy (non-hydrogen) atoms. The van der Waals surface area contributed by atoms with Crippen LogP contribution >= 0.6 is 0 Å². The minimum atomic E-state index is -4.72. The van der Waals surface area contributed by atoms with Crippen molar-refractivity contribution in [2.75, 3.05) is 0 Å². The van der Waals surface area contributed by atoms with Crippen molar-refractivity contribution in [2.24, 2.45) is 0 Å². The molecule has 6 rings (SSSR count). The topological polar surface area (TPSA) is 170 Å². The fraction of sp³-hybridized carbons (Fsp3) is 0. The maximum atomic E-state index is 12.3. The van der Waals surface area contributed by atoms with Gasteiger partial charge in [0.15, 0.2) is 0 Å². The smallest absolute Gasteiger partial charge is 1.00 e. The molecule has 0 saturated carbocycles. The number of hydrogen-bond acceptors (Lipinski definition) is 8. The maximum absolute atomic E-state index is 12.3. The molecule has 0 amide bonds. The summed E-state index contributed by atoms with van der Waals surface area (Å²) in [4.78, 5) is 1.55. The Kier molecular flexibility index (Phi) is 12.4. The zero-order chi connectivity index (χ0) is 30.9. The van der Waals surface area contributed by atoms with Crippen molar-refractivity contribution in [3.05, 3.63) is 121 Å². The van der Waals surface area contributed by atoms with Crippen LogP contribution in [0.4, 0.5) is 0 Å². The molecular formula is C30H24K2N6O6S2. The molecule has 0 bridgehead atoms. The summed E-state index contributed by atoms with van der Waals surface area (Å²) in [6, 6.07) is 26.9. The molecule has 6 aromatic rings. The van der Waals surface area contributed by atoms with Crippen LogP contribution in [0.15, 0.2) is 119 Å². The number of aromatic nitrogens is 6. The Bertz CT molecular complexity index is 2090. The predicted molar refractivity (Wildman–Crippen MR) is 164 cm³/mol. The summed E-state index contributed by atoms with van der Waals surface area (Å²) < 4.78 is 69.3. The number of hydrogen-bond donors (Lipinski definition) is 2. The van der Waals surface area contributed by atoms with E-state index in [0.29, 0.717) is 11.4 Å². The van der Waals surface area contributed by atoms with Crippen molar-refractivity contribution in [1.29, 1.82) is 0 Å². The van der Waals surface area contributed by atoms with Crippen LogP contribution in [0.25, 0.3) is 46.0 Å². The summed E-state index contributed by atoms with van der Waals surface area (Å²) in [6.07, 6.45) is 5.67. The first-order valence-electron chi connectivity index (χ1n) is 12.9. The quantitative estimate of drug-likeness (QED) is 0.115. The molecule has 2 N–H and O–H groups in total. The van der Waals surface area contributed by atoms with Crippen LogP contribution in [-0.4, -0.2) is 55.9 Å². The van der Waals surface area contributed by atoms with E-state index in [1.54, 1.807) is 12.1 Å². The molecule has 224 valence electrons. The summed E-state index contributed by atoms with van der Waals surface area (Å²) >= 11 is 0. The third kappa shape index (κ3) is 8.52. The van der Waals surface area contributed by atoms with E-state index in [1.807, 2.05) is 60.7 Å². The fourth-order valence-corrected chi connectivity index (χ4v) is 5.86. The van der Waals surface area contributed by atoms with Gasteiger partial charge in [0, 0.05) is 11.1 Å². The molecule has 0 unspecified atom stereocenters. The van der Waals surface area contributed by atoms with Gasteiger partial charge in [0.2, 0.25) is 0 Å². The van der Waals surface area contributed by atoms with Gasteiger partial charge in [-0.05, 0) is 35.4 Å². The van der Waals surface area contributed by atoms with Crippen molar-refractivity contribution < 1.29 is 132 Å². The van der Waals surface area contributed by atoms with Crippen molar-refractivity contribution in [3.63, 3.8) is 0 Å². The third-order valence-corrected chi connectivity index (χ3v) is 8.40. The van der Waals surface area contributed by atoms with E-state index in [1.165, 1.54) is 58.4 Å². The third-order valence-electron chi connectivity index (χ3n) is 6.58. The van der Waals surface area contributed by atoms with Crippen LogP contribution in [0.2, 0.25) is 0 Å². The standard InChI is InChI=1S/C30H22N6O6S2.2K.2H/c37-43(38,39)29-17-25(35-31-19-27(33-35)21-7-3-1-4-8-21)15-13-23(29)11-12-24-14-16-26(18-30(24)44(40,41)42)36-32-20-28(34-36)22-9-5-2-6-10-22;;;;/h1-20H,(H,37,38,39)(H,40,41,42);;;;/q;2*+1;2*-1. The van der Waals surface area contributed by atoms with E-state index >= 15 is 0 Å². The van der Waals surface area contributed by atoms with Crippen LogP contribution in [0.3, 0.4) is 0 Å². The van der Waals surface area contributed by atoms with Crippen LogP contribution in [0, 0.1) is 0 Å². The second-order valence-electron chi connectivity index (χ2n) is 9.50. The van der Waals surface area contributed by atoms with Crippen molar-refractivity contribution in [3.8, 4) is 33.9 Å². The average Bonchev–Trinajstić information content (AvgIpc) is 3.71. The minimum absolute atomic E-state index is 0. The first kappa shape index (κ1) is 36.8. The van der Waals surface area contributed by atoms with Crippen LogP contribution in [0.5, 0.6) is 0 Å². The monoisotopic (exact) mass is 706 g/mol. The minimum Gasteiger partial charge on any atom is -1.00 e. The summed E-state index contributed by atoms with van der Waals surface area (Å²) in [5, 5.41) is 17.2. The second kappa shape index (κ2) is 15.5. The first-order valence-corrected chi connectivity index (χ1v) is 15.8. The normalized spacial score (nSPS) is 11.6. The van der Waals surface area contributed by atoms with Gasteiger partial charge in [-0.25, -0.2) is 0 Å². The van der Waals surface area contributed by atoms with E-state index in [2.05, 4.69) is 20.4 Å². The molecule has 0 fully saturated rings. The summed E-state index contributed by atoms with van der Waals surface area (Å²) in [6.45, 7) is 0. The number of nitrogens with zero attached hydrogens (tertiary/aromatic N) is 6. The molecule has 2 heterocycles. The van der Waals surface area contributed by atoms with Gasteiger partial charge in [-0.15, -0.1) is 10.2 Å². The van der Waals surface area contributed by atoms with E-state index < -0.39 is 30.0 Å². The molecule has 0 saturated heterocycles. The van der Waals surface area contributed by atoms with Crippen LogP contribution in [0.1, 0.15) is 14.0 Å². The first-order chi connectivity index (χ1) is 21.1. The Morgan fingerprint density at radius 3 is 1.28 bits per heavy atom. The number of benzene rings is 4. The zero-order valence-corrected chi connectivity index (χ0v) is 32.5. The molecule has 0 radical (unpaired) electrons. The second-order valence-corrected chi connectivity index (χ2v) is 12.3. The van der Waals surface area contributed by atoms with E-state index in [0.717, 1.165) is 11.1 Å². The fourth-order valence-electron chi connectivity index (χ4n) is 4.45. The molecule has 0 aliphatic rings. The summed E-state index contributed by atoms with van der Waals surface area (Å²) in [5.74, 6) is 0. The van der Waals surface area contributed by atoms with Crippen molar-refractivity contribution >= 4 is 32.4 Å². The van der Waals surface area contributed by atoms with Gasteiger partial charge in [-0.3, -0.25) is 9.11 Å². The van der Waals surface area contributed by atoms with Crippen LogP contribution in [-0.2, 0) is 20.2 Å². The molecule has 0 aliphatic heterocycles. The SMILES string of the molecule is O=S(=O)(O)c1cc(-n2ncc(-c3ccccc3)n2)ccc1C=Cc1ccc(-n2ncc(-c3ccccc3)n2)cc1S(=O)(=O)O.[H-].[H-].[K+].[K+]. The molecule has 4 aromatic carbocycles. The average molecular weight is 707 g/mol. The molecule has 12 nitrogen and oxygen atoms in total. The van der Waals surface area contributed by atoms with Gasteiger partial charge >= 0.3 is 103 Å². The molecule has 2 aromatic heterocycles. The van der Waals surface area contributed by atoms with E-state index in [9.17, 15) is 25.9 Å². The van der Waals surface area contributed by atoms with Gasteiger partial charge in [-0.2, -0.15) is 36.6 Å². The van der Waals surface area contributed by atoms with Gasteiger partial charge in [-0.1, -0.05) is 84.9 Å². The summed E-state index contributed by atoms with van der Waals surface area (Å²) in [7, 11) is -9.45. The largest absolute Gasteiger partial charge is 1.00 e. The molecular weight excluding hydrogens is 683 g/mol. The Labute approximate surface area is 352 Å². The van der Waals surface area contributed by atoms with Crippen molar-refractivity contribution in [2.45, 2.75) is 9.79 Å². The van der Waals surface area contributed by atoms with Gasteiger partial charge in [0.1, 0.15) is 21.2 Å². The maximum Gasteiger partial charge on any atom is 1.00 e. The van der Waals surface area contributed by atoms with Gasteiger partial charge < -0.3 is 2.85 Å². The van der Waals surface area contributed by atoms with Gasteiger partial charge in [0.05, 0.1) is 23.8 Å². The Morgan fingerprint density at radius 1 is 0.565 bits per heavy atom. The molecule has 16 heteroatoms. The summed E-state index contributed by atoms with van der Waals surface area (Å²) in [5.41, 5.74) is 3.39. The Hall–Kier alpha value is -2.01. The van der Waals surface area contributed by atoms with Crippen molar-refractivity contribution in [1.82, 2.24) is 30.0 Å².